The number of rotatable bonds is 6. The average Bonchev–Trinajstić information content (AvgIpc) is 3.52. The molecule has 0 saturated carbocycles. The number of nitrogens with one attached hydrogen (secondary N) is 4. The van der Waals surface area contributed by atoms with Gasteiger partial charge in [-0.1, -0.05) is 12.1 Å². The first kappa shape index (κ1) is 23.2. The zero-order chi connectivity index (χ0) is 25.2. The first-order valence-corrected chi connectivity index (χ1v) is 12.4. The summed E-state index contributed by atoms with van der Waals surface area (Å²) in [4.78, 5) is 17.1. The highest BCUT2D eigenvalue weighted by Crippen LogP contribution is 2.33. The van der Waals surface area contributed by atoms with Crippen molar-refractivity contribution in [1.82, 2.24) is 25.8 Å². The topological polar surface area (TPSA) is 113 Å². The second-order valence-electron chi connectivity index (χ2n) is 9.19. The molecule has 190 valence electrons. The van der Waals surface area contributed by atoms with Crippen LogP contribution in [0.5, 0.6) is 11.5 Å². The van der Waals surface area contributed by atoms with E-state index in [9.17, 15) is 4.79 Å². The number of anilines is 1. The normalized spacial score (nSPS) is 16.9. The zero-order valence-corrected chi connectivity index (χ0v) is 20.1. The van der Waals surface area contributed by atoms with E-state index in [1.54, 1.807) is 30.5 Å². The Balaban J connectivity index is 1.19. The molecule has 37 heavy (non-hydrogen) atoms. The molecule has 2 aliphatic rings. The van der Waals surface area contributed by atoms with E-state index >= 15 is 4.39 Å². The monoisotopic (exact) mass is 502 g/mol. The first-order valence-electron chi connectivity index (χ1n) is 12.4. The number of H-pyrrole nitrogens is 1. The van der Waals surface area contributed by atoms with E-state index < -0.39 is 5.82 Å². The van der Waals surface area contributed by atoms with Crippen molar-refractivity contribution in [1.29, 1.82) is 0 Å². The van der Waals surface area contributed by atoms with Crippen LogP contribution in [0.15, 0.2) is 48.7 Å². The quantitative estimate of drug-likeness (QED) is 0.319. The molecule has 4 aromatic rings. The maximum absolute atomic E-state index is 15.2. The van der Waals surface area contributed by atoms with Gasteiger partial charge in [-0.25, -0.2) is 9.37 Å². The lowest BCUT2D eigenvalue weighted by Gasteiger charge is -2.13. The van der Waals surface area contributed by atoms with Crippen LogP contribution in [0.2, 0.25) is 0 Å². The van der Waals surface area contributed by atoms with Crippen molar-refractivity contribution in [3.05, 3.63) is 65.6 Å². The van der Waals surface area contributed by atoms with Crippen LogP contribution in [-0.2, 0) is 6.54 Å². The van der Waals surface area contributed by atoms with E-state index in [0.717, 1.165) is 36.9 Å². The number of hydrogen-bond donors (Lipinski definition) is 4. The number of benzene rings is 2. The Bertz CT molecular complexity index is 1450. The second kappa shape index (κ2) is 10.1. The van der Waals surface area contributed by atoms with Gasteiger partial charge in [0.05, 0.1) is 18.6 Å². The fourth-order valence-corrected chi connectivity index (χ4v) is 4.71. The van der Waals surface area contributed by atoms with Crippen molar-refractivity contribution in [3.8, 4) is 22.6 Å². The molecule has 4 heterocycles. The van der Waals surface area contributed by atoms with Crippen LogP contribution in [0, 0.1) is 5.82 Å². The highest BCUT2D eigenvalue weighted by atomic mass is 19.1. The van der Waals surface area contributed by atoms with Crippen LogP contribution in [0.25, 0.3) is 22.2 Å². The van der Waals surface area contributed by atoms with Gasteiger partial charge in [0.15, 0.2) is 23.0 Å². The summed E-state index contributed by atoms with van der Waals surface area (Å²) in [6, 6.07) is 12.2. The van der Waals surface area contributed by atoms with Crippen LogP contribution >= 0.6 is 0 Å². The lowest BCUT2D eigenvalue weighted by Crippen LogP contribution is -2.23. The van der Waals surface area contributed by atoms with Crippen molar-refractivity contribution in [2.75, 3.05) is 31.6 Å². The Morgan fingerprint density at radius 3 is 2.84 bits per heavy atom. The van der Waals surface area contributed by atoms with Crippen LogP contribution in [-0.4, -0.2) is 53.4 Å². The van der Waals surface area contributed by atoms with Gasteiger partial charge >= 0.3 is 0 Å². The maximum Gasteiger partial charge on any atom is 0.251 e. The fraction of sp³-hybridized carbons (Fsp3) is 0.296. The Morgan fingerprint density at radius 2 is 2.00 bits per heavy atom. The van der Waals surface area contributed by atoms with Gasteiger partial charge in [-0.2, -0.15) is 5.10 Å². The molecule has 2 aromatic heterocycles. The molecule has 0 radical (unpaired) electrons. The number of amides is 1. The lowest BCUT2D eigenvalue weighted by atomic mass is 10.0. The summed E-state index contributed by atoms with van der Waals surface area (Å²) in [6.07, 6.45) is 3.47. The third-order valence-corrected chi connectivity index (χ3v) is 6.68. The Hall–Kier alpha value is -4.18. The summed E-state index contributed by atoms with van der Waals surface area (Å²) in [5.41, 5.74) is 2.99. The maximum atomic E-state index is 15.2. The Kier molecular flexibility index (Phi) is 6.32. The molecule has 6 rings (SSSR count). The number of carbonyl (C=O) groups is 1. The predicted molar refractivity (Wildman–Crippen MR) is 137 cm³/mol. The van der Waals surface area contributed by atoms with E-state index in [4.69, 9.17) is 9.47 Å². The summed E-state index contributed by atoms with van der Waals surface area (Å²) in [7, 11) is 0. The van der Waals surface area contributed by atoms with Gasteiger partial charge in [-0.05, 0) is 54.4 Å². The minimum absolute atomic E-state index is 0.0539. The van der Waals surface area contributed by atoms with Gasteiger partial charge in [0.2, 0.25) is 0 Å². The van der Waals surface area contributed by atoms with E-state index in [2.05, 4.69) is 31.1 Å². The van der Waals surface area contributed by atoms with Crippen molar-refractivity contribution in [2.24, 2.45) is 0 Å². The van der Waals surface area contributed by atoms with Crippen LogP contribution in [0.3, 0.4) is 0 Å². The van der Waals surface area contributed by atoms with Crippen molar-refractivity contribution >= 4 is 22.8 Å². The third-order valence-electron chi connectivity index (χ3n) is 6.68. The summed E-state index contributed by atoms with van der Waals surface area (Å²) < 4.78 is 26.4. The summed E-state index contributed by atoms with van der Waals surface area (Å²) in [6.45, 7) is 3.00. The van der Waals surface area contributed by atoms with Crippen LogP contribution < -0.4 is 25.4 Å². The number of fused-ring (bicyclic) bond motifs is 2. The molecular formula is C27H27FN6O3. The molecule has 0 bridgehead atoms. The standard InChI is InChI=1S/C27H27FN6O3/c28-21-12-16(20-7-9-30-25-24(20)26(34-33-25)32-19-6-8-29-15-19)2-3-18(21)14-31-27(35)17-4-5-22-23(13-17)37-11-1-10-36-22/h2-5,7,9,12-13,19,29H,1,6,8,10-11,14-15H2,(H,31,35)(H2,30,32,33,34). The molecular weight excluding hydrogens is 475 g/mol. The highest BCUT2D eigenvalue weighted by molar-refractivity contribution is 6.00. The number of hydrogen-bond acceptors (Lipinski definition) is 7. The molecule has 2 aromatic carbocycles. The summed E-state index contributed by atoms with van der Waals surface area (Å²) >= 11 is 0. The molecule has 0 spiro atoms. The van der Waals surface area contributed by atoms with Crippen molar-refractivity contribution < 1.29 is 18.7 Å². The predicted octanol–water partition coefficient (Wildman–Crippen LogP) is 3.63. The third kappa shape index (κ3) is 4.79. The van der Waals surface area contributed by atoms with Gasteiger partial charge in [0.25, 0.3) is 5.91 Å². The molecule has 0 aliphatic carbocycles. The van der Waals surface area contributed by atoms with E-state index in [1.165, 1.54) is 6.07 Å². The summed E-state index contributed by atoms with van der Waals surface area (Å²) in [5.74, 6) is 1.15. The fourth-order valence-electron chi connectivity index (χ4n) is 4.71. The van der Waals surface area contributed by atoms with Crippen LogP contribution in [0.4, 0.5) is 10.2 Å². The molecule has 10 heteroatoms. The summed E-state index contributed by atoms with van der Waals surface area (Å²) in [5, 5.41) is 17.8. The van der Waals surface area contributed by atoms with Crippen molar-refractivity contribution in [3.63, 3.8) is 0 Å². The lowest BCUT2D eigenvalue weighted by molar-refractivity contribution is 0.0950. The van der Waals surface area contributed by atoms with E-state index in [1.807, 2.05) is 12.1 Å². The van der Waals surface area contributed by atoms with Gasteiger partial charge in [-0.15, -0.1) is 0 Å². The van der Waals surface area contributed by atoms with Gasteiger partial charge < -0.3 is 25.4 Å². The Morgan fingerprint density at radius 1 is 1.11 bits per heavy atom. The number of halogens is 1. The van der Waals surface area contributed by atoms with Crippen molar-refractivity contribution in [2.45, 2.75) is 25.4 Å². The zero-order valence-electron chi connectivity index (χ0n) is 20.1. The van der Waals surface area contributed by atoms with Crippen LogP contribution in [0.1, 0.15) is 28.8 Å². The number of carbonyl (C=O) groups excluding carboxylic acids is 1. The highest BCUT2D eigenvalue weighted by Gasteiger charge is 2.20. The SMILES string of the molecule is O=C(NCc1ccc(-c2ccnc3[nH]nc(NC4CCNC4)c23)cc1F)c1ccc2c(c1)OCCCO2. The largest absolute Gasteiger partial charge is 0.490 e. The van der Waals surface area contributed by atoms with E-state index in [0.29, 0.717) is 52.9 Å². The Labute approximate surface area is 212 Å². The number of pyridine rings is 1. The minimum Gasteiger partial charge on any atom is -0.490 e. The molecule has 1 atom stereocenters. The molecule has 1 unspecified atom stereocenters. The molecule has 1 fully saturated rings. The molecule has 1 saturated heterocycles. The molecule has 4 N–H and O–H groups in total. The molecule has 1 amide bonds. The number of aromatic amines is 1. The van der Waals surface area contributed by atoms with Gasteiger partial charge in [0.1, 0.15) is 5.82 Å². The second-order valence-corrected chi connectivity index (χ2v) is 9.19. The molecule has 2 aliphatic heterocycles. The smallest absolute Gasteiger partial charge is 0.251 e. The number of ether oxygens (including phenoxy) is 2. The first-order chi connectivity index (χ1) is 18.2. The molecule has 9 nitrogen and oxygen atoms in total. The van der Waals surface area contributed by atoms with Gasteiger partial charge in [-0.3, -0.25) is 9.89 Å². The minimum atomic E-state index is -0.403. The average molecular weight is 503 g/mol. The number of nitrogens with zero attached hydrogens (tertiary/aromatic N) is 2. The van der Waals surface area contributed by atoms with E-state index in [-0.39, 0.29) is 18.5 Å². The number of aromatic nitrogens is 3. The van der Waals surface area contributed by atoms with Gasteiger partial charge in [0, 0.05) is 42.9 Å².